The summed E-state index contributed by atoms with van der Waals surface area (Å²) in [6.07, 6.45) is 0. The van der Waals surface area contributed by atoms with Gasteiger partial charge in [0.25, 0.3) is 5.91 Å². The van der Waals surface area contributed by atoms with E-state index in [1.54, 1.807) is 25.1 Å². The van der Waals surface area contributed by atoms with E-state index >= 15 is 0 Å². The highest BCUT2D eigenvalue weighted by atomic mass is 32.1. The summed E-state index contributed by atoms with van der Waals surface area (Å²) in [5.74, 6) is -1.65. The van der Waals surface area contributed by atoms with E-state index in [9.17, 15) is 14.0 Å². The molecule has 0 saturated heterocycles. The van der Waals surface area contributed by atoms with Crippen molar-refractivity contribution in [2.24, 2.45) is 0 Å². The summed E-state index contributed by atoms with van der Waals surface area (Å²) in [5.41, 5.74) is 1.69. The first kappa shape index (κ1) is 16.2. The Hall–Kier alpha value is -2.21. The summed E-state index contributed by atoms with van der Waals surface area (Å²) in [7, 11) is 0. The number of carbonyl (C=O) groups excluding carboxylic acids is 1. The van der Waals surface area contributed by atoms with Gasteiger partial charge in [-0.15, -0.1) is 11.3 Å². The molecule has 0 radical (unpaired) electrons. The van der Waals surface area contributed by atoms with Crippen LogP contribution in [0.4, 0.5) is 4.39 Å². The van der Waals surface area contributed by atoms with Crippen molar-refractivity contribution >= 4 is 23.2 Å². The van der Waals surface area contributed by atoms with Crippen molar-refractivity contribution in [1.82, 2.24) is 4.90 Å². The van der Waals surface area contributed by atoms with E-state index in [-0.39, 0.29) is 18.3 Å². The van der Waals surface area contributed by atoms with Gasteiger partial charge >= 0.3 is 5.97 Å². The number of halogens is 1. The van der Waals surface area contributed by atoms with Gasteiger partial charge in [-0.25, -0.2) is 4.39 Å². The smallest absolute Gasteiger partial charge is 0.323 e. The summed E-state index contributed by atoms with van der Waals surface area (Å²) in [6.45, 7) is 3.63. The molecule has 0 saturated carbocycles. The molecule has 0 aliphatic heterocycles. The van der Waals surface area contributed by atoms with Crippen molar-refractivity contribution in [3.05, 3.63) is 45.9 Å². The van der Waals surface area contributed by atoms with Gasteiger partial charge < -0.3 is 10.0 Å². The Morgan fingerprint density at radius 2 is 1.91 bits per heavy atom. The van der Waals surface area contributed by atoms with Crippen LogP contribution in [0.1, 0.15) is 21.5 Å². The molecule has 6 heteroatoms. The number of carboxylic acids is 1. The molecule has 0 aliphatic rings. The van der Waals surface area contributed by atoms with Crippen LogP contribution in [-0.4, -0.2) is 35.0 Å². The first-order valence-electron chi connectivity index (χ1n) is 6.79. The van der Waals surface area contributed by atoms with Crippen LogP contribution < -0.4 is 0 Å². The highest BCUT2D eigenvalue weighted by molar-refractivity contribution is 7.14. The number of aryl methyl sites for hydroxylation is 1. The Bertz CT molecular complexity index is 694. The number of amides is 1. The van der Waals surface area contributed by atoms with E-state index in [0.29, 0.717) is 11.4 Å². The third kappa shape index (κ3) is 3.51. The molecule has 22 heavy (non-hydrogen) atoms. The molecule has 1 amide bonds. The van der Waals surface area contributed by atoms with Crippen molar-refractivity contribution in [2.45, 2.75) is 13.8 Å². The number of likely N-dealkylation sites (N-methyl/N-ethyl adjacent to an activating group) is 1. The fraction of sp³-hybridized carbons (Fsp3) is 0.250. The molecule has 0 spiro atoms. The van der Waals surface area contributed by atoms with E-state index < -0.39 is 5.97 Å². The molecule has 1 aromatic carbocycles. The zero-order chi connectivity index (χ0) is 16.3. The van der Waals surface area contributed by atoms with Crippen LogP contribution in [-0.2, 0) is 4.79 Å². The number of thiophene rings is 1. The molecule has 0 aliphatic carbocycles. The average Bonchev–Trinajstić information content (AvgIpc) is 2.86. The molecule has 1 N–H and O–H groups in total. The zero-order valence-electron chi connectivity index (χ0n) is 12.3. The SMILES string of the molecule is CCN(CC(=O)O)C(=O)c1cc(-c2ccc(F)cc2)c(C)s1. The Kier molecular flexibility index (Phi) is 4.92. The summed E-state index contributed by atoms with van der Waals surface area (Å²) < 4.78 is 13.0. The summed E-state index contributed by atoms with van der Waals surface area (Å²) in [6, 6.07) is 7.80. The summed E-state index contributed by atoms with van der Waals surface area (Å²) in [5, 5.41) is 8.85. The molecule has 2 rings (SSSR count). The second-order valence-electron chi connectivity index (χ2n) is 4.80. The number of hydrogen-bond donors (Lipinski definition) is 1. The van der Waals surface area contributed by atoms with Gasteiger partial charge in [0.1, 0.15) is 12.4 Å². The zero-order valence-corrected chi connectivity index (χ0v) is 13.1. The van der Waals surface area contributed by atoms with Crippen LogP contribution in [0.3, 0.4) is 0 Å². The van der Waals surface area contributed by atoms with Crippen molar-refractivity contribution in [2.75, 3.05) is 13.1 Å². The van der Waals surface area contributed by atoms with Crippen LogP contribution in [0.15, 0.2) is 30.3 Å². The summed E-state index contributed by atoms with van der Waals surface area (Å²) in [4.78, 5) is 25.9. The molecule has 1 aromatic heterocycles. The normalized spacial score (nSPS) is 10.5. The maximum atomic E-state index is 13.0. The number of carbonyl (C=O) groups is 2. The van der Waals surface area contributed by atoms with Crippen molar-refractivity contribution < 1.29 is 19.1 Å². The van der Waals surface area contributed by atoms with E-state index in [4.69, 9.17) is 5.11 Å². The lowest BCUT2D eigenvalue weighted by Gasteiger charge is -2.17. The Morgan fingerprint density at radius 3 is 2.45 bits per heavy atom. The molecule has 2 aromatic rings. The molecule has 0 atom stereocenters. The minimum absolute atomic E-state index is 0.300. The van der Waals surface area contributed by atoms with Gasteiger partial charge in [-0.2, -0.15) is 0 Å². The highest BCUT2D eigenvalue weighted by Gasteiger charge is 2.20. The highest BCUT2D eigenvalue weighted by Crippen LogP contribution is 2.31. The number of rotatable bonds is 5. The number of hydrogen-bond acceptors (Lipinski definition) is 3. The van der Waals surface area contributed by atoms with Gasteiger partial charge in [0.15, 0.2) is 0 Å². The van der Waals surface area contributed by atoms with Gasteiger partial charge in [-0.1, -0.05) is 12.1 Å². The number of aliphatic carboxylic acids is 1. The summed E-state index contributed by atoms with van der Waals surface area (Å²) >= 11 is 1.31. The predicted molar refractivity (Wildman–Crippen MR) is 83.7 cm³/mol. The first-order valence-corrected chi connectivity index (χ1v) is 7.61. The van der Waals surface area contributed by atoms with Crippen molar-refractivity contribution in [3.63, 3.8) is 0 Å². The number of benzene rings is 1. The largest absolute Gasteiger partial charge is 0.480 e. The second kappa shape index (κ2) is 6.70. The van der Waals surface area contributed by atoms with E-state index in [1.807, 2.05) is 6.92 Å². The maximum absolute atomic E-state index is 13.0. The molecule has 0 bridgehead atoms. The molecule has 0 fully saturated rings. The van der Waals surface area contributed by atoms with E-state index in [2.05, 4.69) is 0 Å². The number of carboxylic acid groups (broad SMARTS) is 1. The van der Waals surface area contributed by atoms with Crippen LogP contribution in [0.2, 0.25) is 0 Å². The topological polar surface area (TPSA) is 57.6 Å². The standard InChI is InChI=1S/C16H16FNO3S/c1-3-18(9-15(19)20)16(21)14-8-13(10(2)22-14)11-4-6-12(17)7-5-11/h4-8H,3,9H2,1-2H3,(H,19,20). The lowest BCUT2D eigenvalue weighted by Crippen LogP contribution is -2.34. The Morgan fingerprint density at radius 1 is 1.27 bits per heavy atom. The van der Waals surface area contributed by atoms with Crippen LogP contribution in [0, 0.1) is 12.7 Å². The Balaban J connectivity index is 2.30. The lowest BCUT2D eigenvalue weighted by atomic mass is 10.1. The second-order valence-corrected chi connectivity index (χ2v) is 6.06. The molecule has 4 nitrogen and oxygen atoms in total. The third-order valence-corrected chi connectivity index (χ3v) is 4.32. The third-order valence-electron chi connectivity index (χ3n) is 3.28. The van der Waals surface area contributed by atoms with Crippen molar-refractivity contribution in [1.29, 1.82) is 0 Å². The maximum Gasteiger partial charge on any atom is 0.323 e. The van der Waals surface area contributed by atoms with Crippen LogP contribution >= 0.6 is 11.3 Å². The molecule has 1 heterocycles. The number of nitrogens with zero attached hydrogens (tertiary/aromatic N) is 1. The van der Waals surface area contributed by atoms with Gasteiger partial charge in [-0.05, 0) is 43.2 Å². The minimum atomic E-state index is -1.04. The molecular formula is C16H16FNO3S. The van der Waals surface area contributed by atoms with E-state index in [1.165, 1.54) is 28.4 Å². The van der Waals surface area contributed by atoms with Crippen LogP contribution in [0.5, 0.6) is 0 Å². The monoisotopic (exact) mass is 321 g/mol. The van der Waals surface area contributed by atoms with Crippen molar-refractivity contribution in [3.8, 4) is 11.1 Å². The predicted octanol–water partition coefficient (Wildman–Crippen LogP) is 3.41. The lowest BCUT2D eigenvalue weighted by molar-refractivity contribution is -0.137. The Labute approximate surface area is 131 Å². The molecular weight excluding hydrogens is 305 g/mol. The molecule has 116 valence electrons. The van der Waals surface area contributed by atoms with E-state index in [0.717, 1.165) is 16.0 Å². The first-order chi connectivity index (χ1) is 10.4. The fourth-order valence-corrected chi connectivity index (χ4v) is 3.16. The molecule has 0 unspecified atom stereocenters. The quantitative estimate of drug-likeness (QED) is 0.918. The van der Waals surface area contributed by atoms with Crippen LogP contribution in [0.25, 0.3) is 11.1 Å². The van der Waals surface area contributed by atoms with Gasteiger partial charge in [0.05, 0.1) is 4.88 Å². The average molecular weight is 321 g/mol. The minimum Gasteiger partial charge on any atom is -0.480 e. The van der Waals surface area contributed by atoms with Gasteiger partial charge in [0, 0.05) is 11.4 Å². The van der Waals surface area contributed by atoms with Gasteiger partial charge in [-0.3, -0.25) is 9.59 Å². The fourth-order valence-electron chi connectivity index (χ4n) is 2.15. The van der Waals surface area contributed by atoms with Gasteiger partial charge in [0.2, 0.25) is 0 Å².